The highest BCUT2D eigenvalue weighted by molar-refractivity contribution is 7.10. The summed E-state index contributed by atoms with van der Waals surface area (Å²) in [5.74, 6) is -1.73. The summed E-state index contributed by atoms with van der Waals surface area (Å²) in [7, 11) is 0. The fourth-order valence-electron chi connectivity index (χ4n) is 1.60. The van der Waals surface area contributed by atoms with Crippen LogP contribution in [0.1, 0.15) is 16.4 Å². The van der Waals surface area contributed by atoms with E-state index >= 15 is 0 Å². The molecule has 1 aromatic carbocycles. The van der Waals surface area contributed by atoms with Crippen LogP contribution in [-0.4, -0.2) is 16.2 Å². The van der Waals surface area contributed by atoms with Gasteiger partial charge in [0, 0.05) is 10.4 Å². The van der Waals surface area contributed by atoms with Crippen LogP contribution in [0.25, 0.3) is 0 Å². The molecule has 2 rings (SSSR count). The first-order chi connectivity index (χ1) is 7.70. The molecular weight excluding hydrogens is 224 g/mol. The predicted molar refractivity (Wildman–Crippen MR) is 61.9 cm³/mol. The predicted octanol–water partition coefficient (Wildman–Crippen LogP) is 2.67. The van der Waals surface area contributed by atoms with Crippen LogP contribution in [-0.2, 0) is 4.79 Å². The van der Waals surface area contributed by atoms with Gasteiger partial charge in [-0.05, 0) is 17.5 Å². The highest BCUT2D eigenvalue weighted by Gasteiger charge is 2.25. The Balaban J connectivity index is 2.50. The van der Waals surface area contributed by atoms with E-state index < -0.39 is 11.9 Å². The average Bonchev–Trinajstić information content (AvgIpc) is 2.74. The van der Waals surface area contributed by atoms with Gasteiger partial charge in [-0.25, -0.2) is 0 Å². The van der Waals surface area contributed by atoms with Gasteiger partial charge in [-0.15, -0.1) is 11.3 Å². The largest absolute Gasteiger partial charge is 0.508 e. The van der Waals surface area contributed by atoms with Crippen molar-refractivity contribution in [1.29, 1.82) is 0 Å². The van der Waals surface area contributed by atoms with E-state index in [0.717, 1.165) is 0 Å². The number of rotatable bonds is 3. The number of carboxylic acids is 1. The Morgan fingerprint density at radius 3 is 2.50 bits per heavy atom. The van der Waals surface area contributed by atoms with E-state index in [1.807, 2.05) is 5.38 Å². The fraction of sp³-hybridized carbons (Fsp3) is 0.0833. The van der Waals surface area contributed by atoms with Crippen molar-refractivity contribution in [2.24, 2.45) is 0 Å². The highest BCUT2D eigenvalue weighted by atomic mass is 32.1. The molecule has 0 aliphatic carbocycles. The van der Waals surface area contributed by atoms with Gasteiger partial charge in [0.1, 0.15) is 11.7 Å². The number of thiophene rings is 1. The van der Waals surface area contributed by atoms with E-state index in [1.165, 1.54) is 17.4 Å². The molecule has 1 aromatic heterocycles. The van der Waals surface area contributed by atoms with Crippen molar-refractivity contribution in [3.8, 4) is 5.75 Å². The molecule has 1 heterocycles. The summed E-state index contributed by atoms with van der Waals surface area (Å²) in [6, 6.07) is 10.1. The van der Waals surface area contributed by atoms with Gasteiger partial charge in [0.05, 0.1) is 0 Å². The number of para-hydroxylation sites is 1. The third kappa shape index (κ3) is 1.92. The summed E-state index contributed by atoms with van der Waals surface area (Å²) in [6.07, 6.45) is 0. The molecule has 2 N–H and O–H groups in total. The molecule has 0 saturated carbocycles. The Morgan fingerprint density at radius 2 is 1.94 bits per heavy atom. The maximum atomic E-state index is 11.2. The third-order valence-corrected chi connectivity index (χ3v) is 3.26. The Labute approximate surface area is 96.6 Å². The van der Waals surface area contributed by atoms with E-state index in [1.54, 1.807) is 30.3 Å². The molecular formula is C12H10O3S. The monoisotopic (exact) mass is 234 g/mol. The molecule has 0 saturated heterocycles. The lowest BCUT2D eigenvalue weighted by atomic mass is 9.97. The third-order valence-electron chi connectivity index (χ3n) is 2.32. The van der Waals surface area contributed by atoms with Crippen LogP contribution < -0.4 is 0 Å². The lowest BCUT2D eigenvalue weighted by molar-refractivity contribution is -0.137. The van der Waals surface area contributed by atoms with Crippen LogP contribution in [0, 0.1) is 0 Å². The molecule has 0 spiro atoms. The zero-order chi connectivity index (χ0) is 11.5. The minimum Gasteiger partial charge on any atom is -0.508 e. The first-order valence-electron chi connectivity index (χ1n) is 4.74. The summed E-state index contributed by atoms with van der Waals surface area (Å²) in [4.78, 5) is 12.0. The fourth-order valence-corrected chi connectivity index (χ4v) is 2.43. The second-order valence-corrected chi connectivity index (χ2v) is 4.32. The number of phenolic OH excluding ortho intramolecular Hbond substituents is 1. The molecule has 16 heavy (non-hydrogen) atoms. The van der Waals surface area contributed by atoms with Gasteiger partial charge >= 0.3 is 5.97 Å². The lowest BCUT2D eigenvalue weighted by Crippen LogP contribution is -2.11. The molecule has 1 atom stereocenters. The quantitative estimate of drug-likeness (QED) is 0.858. The van der Waals surface area contributed by atoms with Crippen LogP contribution in [0.5, 0.6) is 5.75 Å². The Kier molecular flexibility index (Phi) is 2.92. The van der Waals surface area contributed by atoms with Gasteiger partial charge in [0.2, 0.25) is 0 Å². The molecule has 2 aromatic rings. The molecule has 3 nitrogen and oxygen atoms in total. The number of benzene rings is 1. The number of hydrogen-bond donors (Lipinski definition) is 2. The van der Waals surface area contributed by atoms with Crippen molar-refractivity contribution < 1.29 is 15.0 Å². The summed E-state index contributed by atoms with van der Waals surface area (Å²) >= 11 is 1.37. The number of phenols is 1. The minimum absolute atomic E-state index is 0.0169. The van der Waals surface area contributed by atoms with Gasteiger partial charge < -0.3 is 10.2 Å². The minimum atomic E-state index is -0.955. The molecule has 4 heteroatoms. The molecule has 0 fully saturated rings. The lowest BCUT2D eigenvalue weighted by Gasteiger charge is -2.12. The average molecular weight is 234 g/mol. The van der Waals surface area contributed by atoms with Crippen LogP contribution in [0.3, 0.4) is 0 Å². The molecule has 0 radical (unpaired) electrons. The smallest absolute Gasteiger partial charge is 0.316 e. The zero-order valence-electron chi connectivity index (χ0n) is 8.33. The van der Waals surface area contributed by atoms with E-state index in [-0.39, 0.29) is 5.75 Å². The number of carboxylic acid groups (broad SMARTS) is 1. The van der Waals surface area contributed by atoms with Crippen molar-refractivity contribution in [3.05, 3.63) is 52.2 Å². The van der Waals surface area contributed by atoms with Gasteiger partial charge in [-0.1, -0.05) is 24.3 Å². The molecule has 1 unspecified atom stereocenters. The van der Waals surface area contributed by atoms with Gasteiger partial charge in [0.15, 0.2) is 0 Å². The highest BCUT2D eigenvalue weighted by Crippen LogP contribution is 2.33. The molecule has 0 bridgehead atoms. The summed E-state index contributed by atoms with van der Waals surface area (Å²) in [5, 5.41) is 20.7. The topological polar surface area (TPSA) is 57.5 Å². The van der Waals surface area contributed by atoms with Crippen molar-refractivity contribution >= 4 is 17.3 Å². The summed E-state index contributed by atoms with van der Waals surface area (Å²) in [5.41, 5.74) is 0.428. The molecule has 0 aliphatic rings. The molecule has 0 amide bonds. The molecule has 82 valence electrons. The van der Waals surface area contributed by atoms with Crippen LogP contribution in [0.15, 0.2) is 41.8 Å². The second-order valence-electron chi connectivity index (χ2n) is 3.35. The van der Waals surface area contributed by atoms with Gasteiger partial charge in [0.25, 0.3) is 0 Å². The van der Waals surface area contributed by atoms with Crippen molar-refractivity contribution in [3.63, 3.8) is 0 Å². The summed E-state index contributed by atoms with van der Waals surface area (Å²) < 4.78 is 0. The Bertz CT molecular complexity index is 491. The molecule has 0 aliphatic heterocycles. The zero-order valence-corrected chi connectivity index (χ0v) is 9.15. The second kappa shape index (κ2) is 4.37. The van der Waals surface area contributed by atoms with Crippen LogP contribution in [0.4, 0.5) is 0 Å². The van der Waals surface area contributed by atoms with Crippen molar-refractivity contribution in [1.82, 2.24) is 0 Å². The standard InChI is InChI=1S/C12H10O3S/c13-9-5-2-1-4-8(9)11(12(14)15)10-6-3-7-16-10/h1-7,11,13H,(H,14,15). The Morgan fingerprint density at radius 1 is 1.19 bits per heavy atom. The van der Waals surface area contributed by atoms with Gasteiger partial charge in [-0.3, -0.25) is 4.79 Å². The maximum absolute atomic E-state index is 11.2. The Hall–Kier alpha value is -1.81. The number of aromatic hydroxyl groups is 1. The summed E-state index contributed by atoms with van der Waals surface area (Å²) in [6.45, 7) is 0. The first-order valence-corrected chi connectivity index (χ1v) is 5.62. The van der Waals surface area contributed by atoms with E-state index in [9.17, 15) is 15.0 Å². The van der Waals surface area contributed by atoms with E-state index in [0.29, 0.717) is 10.4 Å². The SMILES string of the molecule is O=C(O)C(c1cccs1)c1ccccc1O. The van der Waals surface area contributed by atoms with Crippen molar-refractivity contribution in [2.75, 3.05) is 0 Å². The first kappa shape index (κ1) is 10.7. The number of aliphatic carboxylic acids is 1. The number of hydrogen-bond acceptors (Lipinski definition) is 3. The maximum Gasteiger partial charge on any atom is 0.316 e. The van der Waals surface area contributed by atoms with E-state index in [4.69, 9.17) is 0 Å². The number of carbonyl (C=O) groups is 1. The normalized spacial score (nSPS) is 12.2. The van der Waals surface area contributed by atoms with E-state index in [2.05, 4.69) is 0 Å². The van der Waals surface area contributed by atoms with Crippen LogP contribution in [0.2, 0.25) is 0 Å². The van der Waals surface area contributed by atoms with Gasteiger partial charge in [-0.2, -0.15) is 0 Å². The van der Waals surface area contributed by atoms with Crippen LogP contribution >= 0.6 is 11.3 Å². The van der Waals surface area contributed by atoms with Crippen molar-refractivity contribution in [2.45, 2.75) is 5.92 Å².